The Balaban J connectivity index is 1.40. The van der Waals surface area contributed by atoms with E-state index in [9.17, 15) is 4.79 Å². The van der Waals surface area contributed by atoms with Gasteiger partial charge in [-0.1, -0.05) is 0 Å². The Morgan fingerprint density at radius 3 is 2.68 bits per heavy atom. The fourth-order valence-electron chi connectivity index (χ4n) is 4.04. The monoisotopic (exact) mass is 521 g/mol. The van der Waals surface area contributed by atoms with Crippen molar-refractivity contribution in [1.29, 1.82) is 0 Å². The van der Waals surface area contributed by atoms with Crippen molar-refractivity contribution in [3.63, 3.8) is 0 Å². The number of anilines is 3. The van der Waals surface area contributed by atoms with Gasteiger partial charge in [0.05, 0.1) is 5.69 Å². The molecular formula is C24H35N5O2S3. The highest BCUT2D eigenvalue weighted by atomic mass is 32.2. The van der Waals surface area contributed by atoms with Crippen LogP contribution in [0.5, 0.6) is 0 Å². The zero-order valence-electron chi connectivity index (χ0n) is 20.5. The first kappa shape index (κ1) is 25.4. The zero-order chi connectivity index (χ0) is 24.1. The summed E-state index contributed by atoms with van der Waals surface area (Å²) in [6.45, 7) is 8.06. The van der Waals surface area contributed by atoms with Crippen LogP contribution < -0.4 is 10.6 Å². The number of aryl methyl sites for hydroxylation is 2. The van der Waals surface area contributed by atoms with Crippen LogP contribution in [0.4, 0.5) is 21.6 Å². The third kappa shape index (κ3) is 7.18. The number of ether oxygens (including phenoxy) is 1. The first-order chi connectivity index (χ1) is 16.3. The summed E-state index contributed by atoms with van der Waals surface area (Å²) in [5.41, 5.74) is 0.786. The fourth-order valence-corrected chi connectivity index (χ4v) is 6.59. The molecule has 1 fully saturated rings. The molecule has 2 aromatic rings. The van der Waals surface area contributed by atoms with Crippen LogP contribution in [0, 0.1) is 0 Å². The summed E-state index contributed by atoms with van der Waals surface area (Å²) >= 11 is 5.44. The van der Waals surface area contributed by atoms with E-state index in [1.165, 1.54) is 21.9 Å². The van der Waals surface area contributed by atoms with Gasteiger partial charge in [-0.3, -0.25) is 0 Å². The summed E-state index contributed by atoms with van der Waals surface area (Å²) in [6, 6.07) is 4.26. The van der Waals surface area contributed by atoms with Crippen molar-refractivity contribution >= 4 is 57.7 Å². The standard InChI is InChI=1S/C24H35N5O2S3/c1-24(2,3)31-23(30)29-11-8-16(9-12-29)33-17-14-20(25-10-13-32-4)27-21(15-17)28-22-26-18-6-5-7-19(18)34-22/h14-16H,5-13H2,1-4H3,(H2,25,26,27,28). The Morgan fingerprint density at radius 2 is 1.97 bits per heavy atom. The number of carbonyl (C=O) groups excluding carboxylic acids is 1. The van der Waals surface area contributed by atoms with E-state index in [4.69, 9.17) is 14.7 Å². The van der Waals surface area contributed by atoms with Gasteiger partial charge in [-0.25, -0.2) is 14.8 Å². The summed E-state index contributed by atoms with van der Waals surface area (Å²) in [4.78, 5) is 26.4. The Kier molecular flexibility index (Phi) is 8.52. The molecule has 0 atom stereocenters. The average molecular weight is 522 g/mol. The molecule has 1 aliphatic carbocycles. The smallest absolute Gasteiger partial charge is 0.410 e. The lowest BCUT2D eigenvalue weighted by Gasteiger charge is -2.33. The molecule has 10 heteroatoms. The summed E-state index contributed by atoms with van der Waals surface area (Å²) < 4.78 is 5.54. The zero-order valence-corrected chi connectivity index (χ0v) is 22.9. The summed E-state index contributed by atoms with van der Waals surface area (Å²) in [5.74, 6) is 2.75. The van der Waals surface area contributed by atoms with Gasteiger partial charge in [0, 0.05) is 40.4 Å². The van der Waals surface area contributed by atoms with Gasteiger partial charge in [-0.2, -0.15) is 11.8 Å². The van der Waals surface area contributed by atoms with Crippen LogP contribution in [0.3, 0.4) is 0 Å². The van der Waals surface area contributed by atoms with Crippen molar-refractivity contribution in [2.75, 3.05) is 42.3 Å². The normalized spacial score (nSPS) is 16.4. The van der Waals surface area contributed by atoms with Crippen molar-refractivity contribution in [2.45, 2.75) is 68.6 Å². The first-order valence-electron chi connectivity index (χ1n) is 11.9. The van der Waals surface area contributed by atoms with Crippen LogP contribution in [0.25, 0.3) is 0 Å². The van der Waals surface area contributed by atoms with Crippen LogP contribution in [0.1, 0.15) is 50.6 Å². The predicted octanol–water partition coefficient (Wildman–Crippen LogP) is 6.04. The number of amides is 1. The van der Waals surface area contributed by atoms with Gasteiger partial charge < -0.3 is 20.3 Å². The van der Waals surface area contributed by atoms with E-state index >= 15 is 0 Å². The molecule has 1 saturated heterocycles. The fraction of sp³-hybridized carbons (Fsp3) is 0.625. The Hall–Kier alpha value is -1.65. The molecule has 0 aromatic carbocycles. The Morgan fingerprint density at radius 1 is 1.21 bits per heavy atom. The second kappa shape index (κ2) is 11.4. The van der Waals surface area contributed by atoms with E-state index in [1.54, 1.807) is 11.3 Å². The van der Waals surface area contributed by atoms with Crippen molar-refractivity contribution < 1.29 is 9.53 Å². The molecule has 3 heterocycles. The maximum atomic E-state index is 12.4. The van der Waals surface area contributed by atoms with Crippen molar-refractivity contribution in [2.24, 2.45) is 0 Å². The topological polar surface area (TPSA) is 79.4 Å². The summed E-state index contributed by atoms with van der Waals surface area (Å²) in [5, 5.41) is 8.30. The van der Waals surface area contributed by atoms with E-state index in [0.29, 0.717) is 5.25 Å². The molecule has 34 heavy (non-hydrogen) atoms. The highest BCUT2D eigenvalue weighted by Crippen LogP contribution is 2.35. The molecule has 2 aromatic heterocycles. The van der Waals surface area contributed by atoms with Crippen LogP contribution in [-0.2, 0) is 17.6 Å². The number of aromatic nitrogens is 2. The molecule has 0 spiro atoms. The molecule has 1 aliphatic heterocycles. The van der Waals surface area contributed by atoms with Gasteiger partial charge in [0.25, 0.3) is 0 Å². The van der Waals surface area contributed by atoms with Crippen molar-refractivity contribution in [3.05, 3.63) is 22.7 Å². The predicted molar refractivity (Wildman–Crippen MR) is 145 cm³/mol. The number of piperidine rings is 1. The number of hydrogen-bond acceptors (Lipinski definition) is 9. The van der Waals surface area contributed by atoms with E-state index < -0.39 is 5.60 Å². The van der Waals surface area contributed by atoms with Gasteiger partial charge in [-0.15, -0.1) is 23.1 Å². The van der Waals surface area contributed by atoms with Crippen molar-refractivity contribution in [1.82, 2.24) is 14.9 Å². The van der Waals surface area contributed by atoms with Gasteiger partial charge in [-0.05, 0) is 71.3 Å². The van der Waals surface area contributed by atoms with Crippen LogP contribution in [0.2, 0.25) is 0 Å². The number of fused-ring (bicyclic) bond motifs is 1. The molecule has 0 bridgehead atoms. The van der Waals surface area contributed by atoms with E-state index in [1.807, 2.05) is 49.2 Å². The molecule has 0 unspecified atom stereocenters. The number of thioether (sulfide) groups is 2. The molecular weight excluding hydrogens is 486 g/mol. The third-order valence-corrected chi connectivity index (χ3v) is 8.64. The highest BCUT2D eigenvalue weighted by molar-refractivity contribution is 8.00. The lowest BCUT2D eigenvalue weighted by Crippen LogP contribution is -2.42. The van der Waals surface area contributed by atoms with E-state index in [-0.39, 0.29) is 6.09 Å². The maximum Gasteiger partial charge on any atom is 0.410 e. The summed E-state index contributed by atoms with van der Waals surface area (Å²) in [6.07, 6.45) is 7.24. The Labute approximate surface area is 215 Å². The Bertz CT molecular complexity index is 962. The van der Waals surface area contributed by atoms with Crippen LogP contribution >= 0.6 is 34.9 Å². The van der Waals surface area contributed by atoms with Crippen LogP contribution in [-0.4, -0.2) is 63.5 Å². The molecule has 2 aliphatic rings. The first-order valence-corrected chi connectivity index (χ1v) is 15.0. The average Bonchev–Trinajstić information content (AvgIpc) is 3.35. The molecule has 1 amide bonds. The maximum absolute atomic E-state index is 12.4. The molecule has 2 N–H and O–H groups in total. The number of nitrogens with one attached hydrogen (secondary N) is 2. The minimum absolute atomic E-state index is 0.207. The third-order valence-electron chi connectivity index (χ3n) is 5.64. The molecule has 0 radical (unpaired) electrons. The van der Waals surface area contributed by atoms with Crippen LogP contribution in [0.15, 0.2) is 17.0 Å². The highest BCUT2D eigenvalue weighted by Gasteiger charge is 2.27. The number of nitrogens with zero attached hydrogens (tertiary/aromatic N) is 3. The second-order valence-corrected chi connectivity index (χ2v) is 13.1. The molecule has 0 saturated carbocycles. The number of likely N-dealkylation sites (tertiary alicyclic amines) is 1. The van der Waals surface area contributed by atoms with E-state index in [0.717, 1.165) is 67.8 Å². The van der Waals surface area contributed by atoms with E-state index in [2.05, 4.69) is 29.0 Å². The lowest BCUT2D eigenvalue weighted by molar-refractivity contribution is 0.0219. The minimum Gasteiger partial charge on any atom is -0.444 e. The number of hydrogen-bond donors (Lipinski definition) is 2. The van der Waals surface area contributed by atoms with Crippen molar-refractivity contribution in [3.8, 4) is 0 Å². The quantitative estimate of drug-likeness (QED) is 0.407. The molecule has 7 nitrogen and oxygen atoms in total. The van der Waals surface area contributed by atoms with Gasteiger partial charge in [0.1, 0.15) is 17.2 Å². The van der Waals surface area contributed by atoms with Gasteiger partial charge in [0.2, 0.25) is 0 Å². The molecule has 186 valence electrons. The number of thiazole rings is 1. The number of rotatable bonds is 8. The number of pyridine rings is 1. The summed E-state index contributed by atoms with van der Waals surface area (Å²) in [7, 11) is 0. The largest absolute Gasteiger partial charge is 0.444 e. The van der Waals surface area contributed by atoms with Gasteiger partial charge in [0.15, 0.2) is 5.13 Å². The minimum atomic E-state index is -0.458. The number of carbonyl (C=O) groups is 1. The lowest BCUT2D eigenvalue weighted by atomic mass is 10.1. The second-order valence-electron chi connectivity index (χ2n) is 9.64. The molecule has 4 rings (SSSR count). The van der Waals surface area contributed by atoms with Gasteiger partial charge >= 0.3 is 6.09 Å². The SMILES string of the molecule is CSCCNc1cc(SC2CCN(C(=O)OC(C)(C)C)CC2)cc(Nc2nc3c(s2)CCC3)n1.